The van der Waals surface area contributed by atoms with Crippen LogP contribution < -0.4 is 5.32 Å². The summed E-state index contributed by atoms with van der Waals surface area (Å²) in [5.74, 6) is 0. The molecule has 0 aromatic carbocycles. The molecule has 0 saturated carbocycles. The van der Waals surface area contributed by atoms with Crippen LogP contribution in [0.4, 0.5) is 0 Å². The lowest BCUT2D eigenvalue weighted by atomic mass is 10.6. The summed E-state index contributed by atoms with van der Waals surface area (Å²) in [6.45, 7) is 9.44. The van der Waals surface area contributed by atoms with Gasteiger partial charge in [0.1, 0.15) is 0 Å². The number of rotatable bonds is 7. The van der Waals surface area contributed by atoms with E-state index < -0.39 is 0 Å². The topological polar surface area (TPSA) is 30.5 Å². The maximum absolute atomic E-state index is 5.20. The minimum atomic E-state index is -0.289. The van der Waals surface area contributed by atoms with E-state index in [2.05, 4.69) is 11.9 Å². The molecule has 0 aliphatic carbocycles. The highest BCUT2D eigenvalue weighted by atomic mass is 16.7. The van der Waals surface area contributed by atoms with Gasteiger partial charge < -0.3 is 9.47 Å². The molecule has 0 aliphatic heterocycles. The first-order valence-corrected chi connectivity index (χ1v) is 3.92. The van der Waals surface area contributed by atoms with E-state index in [0.717, 1.165) is 0 Å². The summed E-state index contributed by atoms with van der Waals surface area (Å²) in [5.41, 5.74) is 0. The molecule has 1 N–H and O–H groups in total. The molecule has 0 aromatic rings. The molecule has 11 heavy (non-hydrogen) atoms. The van der Waals surface area contributed by atoms with Crippen LogP contribution in [0.5, 0.6) is 0 Å². The Morgan fingerprint density at radius 2 is 1.91 bits per heavy atom. The van der Waals surface area contributed by atoms with E-state index in [1.54, 1.807) is 6.08 Å². The second-order valence-electron chi connectivity index (χ2n) is 1.94. The highest BCUT2D eigenvalue weighted by molar-refractivity contribution is 4.69. The molecule has 66 valence electrons. The van der Waals surface area contributed by atoms with Gasteiger partial charge in [0.05, 0.1) is 0 Å². The normalized spacial score (nSPS) is 10.5. The van der Waals surface area contributed by atoms with Crippen molar-refractivity contribution in [3.05, 3.63) is 12.7 Å². The van der Waals surface area contributed by atoms with Gasteiger partial charge in [-0.25, -0.2) is 0 Å². The van der Waals surface area contributed by atoms with Crippen molar-refractivity contribution in [1.29, 1.82) is 0 Å². The van der Waals surface area contributed by atoms with Crippen molar-refractivity contribution in [2.24, 2.45) is 0 Å². The van der Waals surface area contributed by atoms with Gasteiger partial charge in [-0.2, -0.15) is 0 Å². The van der Waals surface area contributed by atoms with Crippen LogP contribution in [0, 0.1) is 0 Å². The average Bonchev–Trinajstić information content (AvgIpc) is 2.01. The third-order valence-electron chi connectivity index (χ3n) is 1.06. The van der Waals surface area contributed by atoms with Crippen molar-refractivity contribution >= 4 is 0 Å². The summed E-state index contributed by atoms with van der Waals surface area (Å²) in [6, 6.07) is 0. The number of hydrogen-bond acceptors (Lipinski definition) is 3. The molecule has 0 spiro atoms. The summed E-state index contributed by atoms with van der Waals surface area (Å²) in [4.78, 5) is 0. The van der Waals surface area contributed by atoms with Crippen LogP contribution in [0.2, 0.25) is 0 Å². The standard InChI is InChI=1S/C8H17NO2/c1-4-7-9-8(10-5-2)11-6-3/h4,8-9H,1,5-7H2,2-3H3. The van der Waals surface area contributed by atoms with Gasteiger partial charge in [-0.05, 0) is 13.8 Å². The van der Waals surface area contributed by atoms with Crippen LogP contribution in [0.3, 0.4) is 0 Å². The zero-order valence-electron chi connectivity index (χ0n) is 7.30. The van der Waals surface area contributed by atoms with Gasteiger partial charge >= 0.3 is 0 Å². The molecule has 0 amide bonds. The van der Waals surface area contributed by atoms with Crippen LogP contribution in [0.15, 0.2) is 12.7 Å². The quantitative estimate of drug-likeness (QED) is 0.446. The van der Waals surface area contributed by atoms with Crippen LogP contribution in [-0.2, 0) is 9.47 Å². The molecule has 0 bridgehead atoms. The highest BCUT2D eigenvalue weighted by Crippen LogP contribution is 1.89. The SMILES string of the molecule is C=CCNC(OCC)OCC. The molecule has 0 saturated heterocycles. The summed E-state index contributed by atoms with van der Waals surface area (Å²) >= 11 is 0. The predicted octanol–water partition coefficient (Wildman–Crippen LogP) is 1.12. The summed E-state index contributed by atoms with van der Waals surface area (Å²) in [5, 5.41) is 3.01. The molecular weight excluding hydrogens is 142 g/mol. The van der Waals surface area contributed by atoms with Gasteiger partial charge in [0, 0.05) is 19.8 Å². The third kappa shape index (κ3) is 6.04. The second-order valence-corrected chi connectivity index (χ2v) is 1.94. The molecule has 0 rings (SSSR count). The third-order valence-corrected chi connectivity index (χ3v) is 1.06. The molecule has 0 atom stereocenters. The van der Waals surface area contributed by atoms with E-state index in [-0.39, 0.29) is 6.41 Å². The van der Waals surface area contributed by atoms with Crippen LogP contribution in [0.1, 0.15) is 13.8 Å². The Balaban J connectivity index is 3.41. The van der Waals surface area contributed by atoms with E-state index in [4.69, 9.17) is 9.47 Å². The number of hydrogen-bond donors (Lipinski definition) is 1. The van der Waals surface area contributed by atoms with Crippen molar-refractivity contribution in [2.75, 3.05) is 19.8 Å². The van der Waals surface area contributed by atoms with Gasteiger partial charge in [-0.3, -0.25) is 5.32 Å². The Morgan fingerprint density at radius 1 is 1.36 bits per heavy atom. The van der Waals surface area contributed by atoms with Crippen molar-refractivity contribution in [3.8, 4) is 0 Å². The summed E-state index contributed by atoms with van der Waals surface area (Å²) in [7, 11) is 0. The lowest BCUT2D eigenvalue weighted by Gasteiger charge is -2.16. The largest absolute Gasteiger partial charge is 0.340 e. The van der Waals surface area contributed by atoms with Gasteiger partial charge in [0.15, 0.2) is 0 Å². The maximum atomic E-state index is 5.20. The van der Waals surface area contributed by atoms with Gasteiger partial charge in [0.2, 0.25) is 6.41 Å². The smallest absolute Gasteiger partial charge is 0.216 e. The van der Waals surface area contributed by atoms with E-state index >= 15 is 0 Å². The van der Waals surface area contributed by atoms with E-state index in [1.807, 2.05) is 13.8 Å². The van der Waals surface area contributed by atoms with E-state index in [9.17, 15) is 0 Å². The minimum absolute atomic E-state index is 0.289. The van der Waals surface area contributed by atoms with Gasteiger partial charge in [0.25, 0.3) is 0 Å². The van der Waals surface area contributed by atoms with Gasteiger partial charge in [-0.1, -0.05) is 6.08 Å². The Kier molecular flexibility index (Phi) is 7.46. The molecule has 0 unspecified atom stereocenters. The molecule has 0 radical (unpaired) electrons. The van der Waals surface area contributed by atoms with Crippen molar-refractivity contribution < 1.29 is 9.47 Å². The average molecular weight is 159 g/mol. The minimum Gasteiger partial charge on any atom is -0.340 e. The Labute approximate surface area is 68.4 Å². The first-order valence-electron chi connectivity index (χ1n) is 3.92. The predicted molar refractivity (Wildman–Crippen MR) is 45.2 cm³/mol. The molecule has 3 nitrogen and oxygen atoms in total. The monoisotopic (exact) mass is 159 g/mol. The Morgan fingerprint density at radius 3 is 2.27 bits per heavy atom. The molecule has 0 fully saturated rings. The zero-order valence-corrected chi connectivity index (χ0v) is 7.30. The fraction of sp³-hybridized carbons (Fsp3) is 0.750. The van der Waals surface area contributed by atoms with Crippen LogP contribution in [-0.4, -0.2) is 26.2 Å². The van der Waals surface area contributed by atoms with Gasteiger partial charge in [-0.15, -0.1) is 6.58 Å². The zero-order chi connectivity index (χ0) is 8.53. The first-order chi connectivity index (χ1) is 5.35. The second kappa shape index (κ2) is 7.72. The van der Waals surface area contributed by atoms with Crippen molar-refractivity contribution in [1.82, 2.24) is 5.32 Å². The lowest BCUT2D eigenvalue weighted by Crippen LogP contribution is -2.34. The Hall–Kier alpha value is -0.380. The molecule has 0 heterocycles. The van der Waals surface area contributed by atoms with Crippen molar-refractivity contribution in [3.63, 3.8) is 0 Å². The first kappa shape index (κ1) is 10.6. The molecular formula is C8H17NO2. The summed E-state index contributed by atoms with van der Waals surface area (Å²) in [6.07, 6.45) is 1.48. The maximum Gasteiger partial charge on any atom is 0.216 e. The molecule has 0 aromatic heterocycles. The summed E-state index contributed by atoms with van der Waals surface area (Å²) < 4.78 is 10.4. The van der Waals surface area contributed by atoms with Crippen molar-refractivity contribution in [2.45, 2.75) is 20.3 Å². The van der Waals surface area contributed by atoms with Crippen LogP contribution >= 0.6 is 0 Å². The van der Waals surface area contributed by atoms with E-state index in [1.165, 1.54) is 0 Å². The van der Waals surface area contributed by atoms with E-state index in [0.29, 0.717) is 19.8 Å². The lowest BCUT2D eigenvalue weighted by molar-refractivity contribution is -0.153. The Bertz CT molecular complexity index is 90.1. The fourth-order valence-corrected chi connectivity index (χ4v) is 0.648. The highest BCUT2D eigenvalue weighted by Gasteiger charge is 2.03. The number of ether oxygens (including phenoxy) is 2. The fourth-order valence-electron chi connectivity index (χ4n) is 0.648. The molecule has 0 aliphatic rings. The van der Waals surface area contributed by atoms with Crippen LogP contribution in [0.25, 0.3) is 0 Å². The molecule has 3 heteroatoms. The number of nitrogens with one attached hydrogen (secondary N) is 1.